The first kappa shape index (κ1) is 23.3. The van der Waals surface area contributed by atoms with Gasteiger partial charge in [-0.2, -0.15) is 5.10 Å². The van der Waals surface area contributed by atoms with Gasteiger partial charge < -0.3 is 24.6 Å². The summed E-state index contributed by atoms with van der Waals surface area (Å²) in [6.07, 6.45) is 3.10. The Morgan fingerprint density at radius 1 is 1.24 bits per heavy atom. The molecule has 1 aromatic carbocycles. The number of anilines is 1. The SMILES string of the molecule is CN(CC(=O)N1CCNc2ccn3ncc(c3n2)-c2cccc(c2)OCC1)C(=O)OC(C)(C)C. The molecule has 2 amide bonds. The van der Waals surface area contributed by atoms with E-state index in [1.165, 1.54) is 4.90 Å². The van der Waals surface area contributed by atoms with Crippen LogP contribution in [0.4, 0.5) is 10.6 Å². The zero-order valence-corrected chi connectivity index (χ0v) is 19.9. The van der Waals surface area contributed by atoms with Crippen molar-refractivity contribution in [3.8, 4) is 16.9 Å². The summed E-state index contributed by atoms with van der Waals surface area (Å²) in [5.41, 5.74) is 1.95. The van der Waals surface area contributed by atoms with Gasteiger partial charge in [-0.25, -0.2) is 14.3 Å². The lowest BCUT2D eigenvalue weighted by atomic mass is 10.1. The van der Waals surface area contributed by atoms with Crippen LogP contribution in [0.15, 0.2) is 42.7 Å². The Balaban J connectivity index is 1.52. The van der Waals surface area contributed by atoms with E-state index in [2.05, 4.69) is 10.4 Å². The van der Waals surface area contributed by atoms with Crippen molar-refractivity contribution >= 4 is 23.5 Å². The quantitative estimate of drug-likeness (QED) is 0.620. The van der Waals surface area contributed by atoms with Gasteiger partial charge >= 0.3 is 6.09 Å². The highest BCUT2D eigenvalue weighted by Crippen LogP contribution is 2.27. The lowest BCUT2D eigenvalue weighted by molar-refractivity contribution is -0.132. The number of hydrogen-bond acceptors (Lipinski definition) is 7. The van der Waals surface area contributed by atoms with E-state index >= 15 is 0 Å². The molecular formula is C24H30N6O4. The molecule has 0 unspecified atom stereocenters. The molecule has 4 rings (SSSR count). The van der Waals surface area contributed by atoms with Crippen LogP contribution in [0.1, 0.15) is 20.8 Å². The second-order valence-corrected chi connectivity index (χ2v) is 9.16. The van der Waals surface area contributed by atoms with E-state index in [9.17, 15) is 9.59 Å². The largest absolute Gasteiger partial charge is 0.492 e. The van der Waals surface area contributed by atoms with Crippen molar-refractivity contribution in [3.63, 3.8) is 0 Å². The van der Waals surface area contributed by atoms with Gasteiger partial charge in [0.2, 0.25) is 5.91 Å². The third kappa shape index (κ3) is 5.56. The molecule has 4 bridgehead atoms. The van der Waals surface area contributed by atoms with Gasteiger partial charge in [-0.1, -0.05) is 12.1 Å². The molecule has 34 heavy (non-hydrogen) atoms. The van der Waals surface area contributed by atoms with Crippen LogP contribution in [0.3, 0.4) is 0 Å². The number of fused-ring (bicyclic) bond motifs is 4. The molecule has 0 fully saturated rings. The highest BCUT2D eigenvalue weighted by molar-refractivity contribution is 5.82. The van der Waals surface area contributed by atoms with Crippen LogP contribution in [0.5, 0.6) is 5.75 Å². The van der Waals surface area contributed by atoms with Crippen molar-refractivity contribution < 1.29 is 19.1 Å². The van der Waals surface area contributed by atoms with E-state index < -0.39 is 11.7 Å². The average Bonchev–Trinajstić information content (AvgIpc) is 3.20. The molecule has 10 heteroatoms. The summed E-state index contributed by atoms with van der Waals surface area (Å²) in [7, 11) is 1.55. The monoisotopic (exact) mass is 466 g/mol. The number of amides is 2. The zero-order valence-electron chi connectivity index (χ0n) is 19.9. The van der Waals surface area contributed by atoms with Gasteiger partial charge in [0.25, 0.3) is 0 Å². The predicted molar refractivity (Wildman–Crippen MR) is 128 cm³/mol. The summed E-state index contributed by atoms with van der Waals surface area (Å²) in [4.78, 5) is 33.0. The third-order valence-corrected chi connectivity index (χ3v) is 5.26. The molecule has 0 atom stereocenters. The summed E-state index contributed by atoms with van der Waals surface area (Å²) < 4.78 is 13.0. The van der Waals surface area contributed by atoms with Gasteiger partial charge in [-0.3, -0.25) is 4.79 Å². The molecule has 3 aromatic rings. The molecule has 1 aliphatic heterocycles. The number of nitrogens with one attached hydrogen (secondary N) is 1. The zero-order chi connectivity index (χ0) is 24.3. The topological polar surface area (TPSA) is 101 Å². The molecule has 1 aliphatic rings. The van der Waals surface area contributed by atoms with E-state index in [4.69, 9.17) is 14.5 Å². The minimum atomic E-state index is -0.630. The van der Waals surface area contributed by atoms with E-state index in [0.717, 1.165) is 16.8 Å². The normalized spacial score (nSPS) is 14.2. The Morgan fingerprint density at radius 2 is 2.06 bits per heavy atom. The summed E-state index contributed by atoms with van der Waals surface area (Å²) in [5.74, 6) is 1.19. The molecule has 0 aliphatic carbocycles. The minimum Gasteiger partial charge on any atom is -0.492 e. The van der Waals surface area contributed by atoms with Crippen molar-refractivity contribution in [1.82, 2.24) is 24.4 Å². The van der Waals surface area contributed by atoms with Crippen molar-refractivity contribution in [3.05, 3.63) is 42.7 Å². The van der Waals surface area contributed by atoms with Crippen molar-refractivity contribution in [2.45, 2.75) is 26.4 Å². The number of hydrogen-bond donors (Lipinski definition) is 1. The Bertz CT molecular complexity index is 1190. The highest BCUT2D eigenvalue weighted by atomic mass is 16.6. The van der Waals surface area contributed by atoms with Crippen molar-refractivity contribution in [2.75, 3.05) is 45.2 Å². The van der Waals surface area contributed by atoms with Crippen LogP contribution in [-0.2, 0) is 9.53 Å². The Kier molecular flexibility index (Phi) is 6.58. The number of aromatic nitrogens is 3. The molecular weight excluding hydrogens is 436 g/mol. The summed E-state index contributed by atoms with van der Waals surface area (Å²) in [5, 5.41) is 7.67. The maximum Gasteiger partial charge on any atom is 0.410 e. The second-order valence-electron chi connectivity index (χ2n) is 9.16. The maximum absolute atomic E-state index is 13.0. The molecule has 3 heterocycles. The van der Waals surface area contributed by atoms with Crippen LogP contribution in [0.2, 0.25) is 0 Å². The molecule has 180 valence electrons. The first-order valence-electron chi connectivity index (χ1n) is 11.2. The maximum atomic E-state index is 13.0. The number of benzene rings is 1. The standard InChI is InChI=1S/C24H30N6O4/c1-24(2,3)34-23(32)28(4)16-21(31)29-11-9-25-20-8-10-30-22(27-20)19(15-26-30)17-6-5-7-18(14-17)33-13-12-29/h5-8,10,14-15H,9,11-13,16H2,1-4H3,(H,25,27). The second kappa shape index (κ2) is 9.58. The fourth-order valence-corrected chi connectivity index (χ4v) is 3.59. The molecule has 0 radical (unpaired) electrons. The molecule has 2 aromatic heterocycles. The van der Waals surface area contributed by atoms with Crippen LogP contribution in [0.25, 0.3) is 16.8 Å². The van der Waals surface area contributed by atoms with Crippen molar-refractivity contribution in [2.24, 2.45) is 0 Å². The van der Waals surface area contributed by atoms with Crippen LogP contribution < -0.4 is 10.1 Å². The van der Waals surface area contributed by atoms with Crippen LogP contribution >= 0.6 is 0 Å². The number of carbonyl (C=O) groups excluding carboxylic acids is 2. The van der Waals surface area contributed by atoms with Gasteiger partial charge in [0, 0.05) is 31.9 Å². The summed E-state index contributed by atoms with van der Waals surface area (Å²) in [6.45, 7) is 6.88. The van der Waals surface area contributed by atoms with Gasteiger partial charge in [-0.05, 0) is 44.5 Å². The van der Waals surface area contributed by atoms with Gasteiger partial charge in [0.05, 0.1) is 12.7 Å². The lowest BCUT2D eigenvalue weighted by Crippen LogP contribution is -2.45. The Morgan fingerprint density at radius 3 is 2.85 bits per heavy atom. The van der Waals surface area contributed by atoms with E-state index in [1.54, 1.807) is 43.4 Å². The van der Waals surface area contributed by atoms with Gasteiger partial charge in [-0.15, -0.1) is 0 Å². The first-order valence-corrected chi connectivity index (χ1v) is 11.2. The molecule has 0 saturated carbocycles. The summed E-state index contributed by atoms with van der Waals surface area (Å²) >= 11 is 0. The summed E-state index contributed by atoms with van der Waals surface area (Å²) in [6, 6.07) is 9.56. The molecule has 0 spiro atoms. The Hall–Kier alpha value is -3.82. The number of rotatable bonds is 2. The van der Waals surface area contributed by atoms with Crippen LogP contribution in [-0.4, -0.2) is 81.8 Å². The average molecular weight is 467 g/mol. The lowest BCUT2D eigenvalue weighted by Gasteiger charge is -2.28. The fourth-order valence-electron chi connectivity index (χ4n) is 3.59. The first-order chi connectivity index (χ1) is 16.2. The van der Waals surface area contributed by atoms with Gasteiger partial charge in [0.15, 0.2) is 5.65 Å². The molecule has 1 N–H and O–H groups in total. The van der Waals surface area contributed by atoms with Crippen LogP contribution in [0, 0.1) is 0 Å². The predicted octanol–water partition coefficient (Wildman–Crippen LogP) is 2.90. The number of carbonyl (C=O) groups is 2. The molecule has 0 saturated heterocycles. The minimum absolute atomic E-state index is 0.0895. The van der Waals surface area contributed by atoms with Gasteiger partial charge in [0.1, 0.15) is 30.3 Å². The number of likely N-dealkylation sites (N-methyl/N-ethyl adjacent to an activating group) is 1. The van der Waals surface area contributed by atoms with E-state index in [0.29, 0.717) is 37.8 Å². The number of nitrogens with zero attached hydrogens (tertiary/aromatic N) is 5. The van der Waals surface area contributed by atoms with E-state index in [-0.39, 0.29) is 12.5 Å². The smallest absolute Gasteiger partial charge is 0.410 e. The third-order valence-electron chi connectivity index (χ3n) is 5.26. The van der Waals surface area contributed by atoms with E-state index in [1.807, 2.05) is 36.5 Å². The highest BCUT2D eigenvalue weighted by Gasteiger charge is 2.23. The Labute approximate surface area is 198 Å². The van der Waals surface area contributed by atoms with Crippen molar-refractivity contribution in [1.29, 1.82) is 0 Å². The number of ether oxygens (including phenoxy) is 2. The molecule has 10 nitrogen and oxygen atoms in total. The fraction of sp³-hybridized carbons (Fsp3) is 0.417.